The number of carbonyl (C=O) groups excluding carboxylic acids is 1. The van der Waals surface area contributed by atoms with Crippen LogP contribution in [0, 0.1) is 10.1 Å². The molecule has 0 atom stereocenters. The van der Waals surface area contributed by atoms with Gasteiger partial charge in [-0.3, -0.25) is 14.9 Å². The monoisotopic (exact) mass is 301 g/mol. The van der Waals surface area contributed by atoms with E-state index in [1.165, 1.54) is 13.3 Å². The summed E-state index contributed by atoms with van der Waals surface area (Å²) >= 11 is 0. The molecule has 0 saturated heterocycles. The van der Waals surface area contributed by atoms with E-state index in [1.807, 2.05) is 0 Å². The van der Waals surface area contributed by atoms with Gasteiger partial charge in [-0.25, -0.2) is 9.97 Å². The predicted molar refractivity (Wildman–Crippen MR) is 82.7 cm³/mol. The summed E-state index contributed by atoms with van der Waals surface area (Å²) < 4.78 is 0. The van der Waals surface area contributed by atoms with Crippen molar-refractivity contribution in [3.8, 4) is 0 Å². The number of aromatic nitrogens is 2. The summed E-state index contributed by atoms with van der Waals surface area (Å²) in [4.78, 5) is 31.4. The quantitative estimate of drug-likeness (QED) is 0.514. The number of nitro groups is 1. The molecule has 22 heavy (non-hydrogen) atoms. The molecule has 1 heterocycles. The van der Waals surface area contributed by atoms with E-state index in [2.05, 4.69) is 15.3 Å². The largest absolute Gasteiger partial charge is 0.357 e. The first kappa shape index (κ1) is 15.4. The van der Waals surface area contributed by atoms with E-state index in [-0.39, 0.29) is 23.1 Å². The summed E-state index contributed by atoms with van der Waals surface area (Å²) in [5.41, 5.74) is 0.955. The number of hydrogen-bond donors (Lipinski definition) is 1. The van der Waals surface area contributed by atoms with Crippen LogP contribution in [0.3, 0.4) is 0 Å². The van der Waals surface area contributed by atoms with Gasteiger partial charge >= 0.3 is 5.69 Å². The van der Waals surface area contributed by atoms with Gasteiger partial charge < -0.3 is 10.2 Å². The zero-order valence-corrected chi connectivity index (χ0v) is 12.4. The Kier molecular flexibility index (Phi) is 4.31. The third-order valence-corrected chi connectivity index (χ3v) is 2.96. The van der Waals surface area contributed by atoms with Gasteiger partial charge in [0.15, 0.2) is 5.78 Å². The highest BCUT2D eigenvalue weighted by atomic mass is 16.6. The molecule has 1 aromatic heterocycles. The fraction of sp³-hybridized carbons (Fsp3) is 0.214. The number of Topliss-reactive ketones (excluding diaryl/α,β-unsaturated/α-hetero) is 1. The van der Waals surface area contributed by atoms with E-state index in [0.29, 0.717) is 11.3 Å². The minimum atomic E-state index is -0.526. The molecule has 114 valence electrons. The number of ketones is 1. The summed E-state index contributed by atoms with van der Waals surface area (Å²) in [5.74, 6) is 0.261. The Labute approximate surface area is 127 Å². The Morgan fingerprint density at radius 2 is 1.86 bits per heavy atom. The van der Waals surface area contributed by atoms with Crippen molar-refractivity contribution in [1.29, 1.82) is 0 Å². The molecule has 2 rings (SSSR count). The minimum absolute atomic E-state index is 0.0468. The van der Waals surface area contributed by atoms with Crippen LogP contribution < -0.4 is 10.2 Å². The summed E-state index contributed by atoms with van der Waals surface area (Å²) in [6.45, 7) is 1.47. The van der Waals surface area contributed by atoms with Crippen molar-refractivity contribution in [2.24, 2.45) is 0 Å². The van der Waals surface area contributed by atoms with E-state index < -0.39 is 4.92 Å². The molecule has 0 radical (unpaired) electrons. The molecule has 0 unspecified atom stereocenters. The normalized spacial score (nSPS) is 10.1. The lowest BCUT2D eigenvalue weighted by Crippen LogP contribution is -2.14. The molecule has 1 aromatic carbocycles. The topological polar surface area (TPSA) is 101 Å². The summed E-state index contributed by atoms with van der Waals surface area (Å²) in [5, 5.41) is 14.2. The van der Waals surface area contributed by atoms with Gasteiger partial charge in [-0.2, -0.15) is 0 Å². The van der Waals surface area contributed by atoms with Crippen LogP contribution in [-0.2, 0) is 0 Å². The highest BCUT2D eigenvalue weighted by molar-refractivity contribution is 5.94. The Morgan fingerprint density at radius 3 is 2.36 bits per heavy atom. The molecule has 0 amide bonds. The third-order valence-electron chi connectivity index (χ3n) is 2.96. The zero-order chi connectivity index (χ0) is 16.3. The van der Waals surface area contributed by atoms with Crippen molar-refractivity contribution in [1.82, 2.24) is 9.97 Å². The van der Waals surface area contributed by atoms with Gasteiger partial charge in [-0.15, -0.1) is 0 Å². The number of nitrogens with one attached hydrogen (secondary N) is 1. The van der Waals surface area contributed by atoms with Crippen LogP contribution in [0.1, 0.15) is 17.3 Å². The molecular formula is C14H15N5O3. The number of benzene rings is 1. The molecular weight excluding hydrogens is 286 g/mol. The second-order valence-corrected chi connectivity index (χ2v) is 4.80. The lowest BCUT2D eigenvalue weighted by molar-refractivity contribution is -0.383. The Balaban J connectivity index is 2.39. The Morgan fingerprint density at radius 1 is 1.23 bits per heavy atom. The lowest BCUT2D eigenvalue weighted by Gasteiger charge is -2.13. The Bertz CT molecular complexity index is 713. The van der Waals surface area contributed by atoms with Crippen molar-refractivity contribution in [2.75, 3.05) is 24.3 Å². The zero-order valence-electron chi connectivity index (χ0n) is 12.4. The number of anilines is 3. The number of nitrogens with zero attached hydrogens (tertiary/aromatic N) is 4. The van der Waals surface area contributed by atoms with Crippen LogP contribution in [-0.4, -0.2) is 34.8 Å². The number of carbonyl (C=O) groups is 1. The first-order chi connectivity index (χ1) is 10.4. The second kappa shape index (κ2) is 6.17. The lowest BCUT2D eigenvalue weighted by atomic mass is 10.1. The van der Waals surface area contributed by atoms with E-state index in [4.69, 9.17) is 0 Å². The van der Waals surface area contributed by atoms with Crippen molar-refractivity contribution in [3.05, 3.63) is 46.3 Å². The van der Waals surface area contributed by atoms with Gasteiger partial charge in [0.05, 0.1) is 4.92 Å². The predicted octanol–water partition coefficient (Wildman–Crippen LogP) is 2.40. The SMILES string of the molecule is CC(=O)c1ccc(Nc2ncnc(N(C)C)c2[N+](=O)[O-])cc1. The smallest absolute Gasteiger partial charge is 0.353 e. The van der Waals surface area contributed by atoms with Crippen LogP contribution in [0.25, 0.3) is 0 Å². The second-order valence-electron chi connectivity index (χ2n) is 4.80. The van der Waals surface area contributed by atoms with Crippen molar-refractivity contribution in [3.63, 3.8) is 0 Å². The standard InChI is InChI=1S/C14H15N5O3/c1-9(20)10-4-6-11(7-5-10)17-13-12(19(21)22)14(18(2)3)16-8-15-13/h4-8H,1-3H3,(H,15,16,17). The maximum atomic E-state index is 11.3. The summed E-state index contributed by atoms with van der Waals surface area (Å²) in [7, 11) is 3.33. The first-order valence-corrected chi connectivity index (χ1v) is 6.45. The van der Waals surface area contributed by atoms with Crippen LogP contribution in [0.2, 0.25) is 0 Å². The molecule has 0 spiro atoms. The van der Waals surface area contributed by atoms with Crippen molar-refractivity contribution >= 4 is 28.8 Å². The van der Waals surface area contributed by atoms with E-state index in [1.54, 1.807) is 43.3 Å². The van der Waals surface area contributed by atoms with Crippen molar-refractivity contribution < 1.29 is 9.72 Å². The van der Waals surface area contributed by atoms with Gasteiger partial charge in [-0.1, -0.05) is 0 Å². The molecule has 8 heteroatoms. The van der Waals surface area contributed by atoms with E-state index >= 15 is 0 Å². The summed E-state index contributed by atoms with van der Waals surface area (Å²) in [6.07, 6.45) is 1.26. The van der Waals surface area contributed by atoms with Gasteiger partial charge in [-0.05, 0) is 31.2 Å². The van der Waals surface area contributed by atoms with Gasteiger partial charge in [0.25, 0.3) is 0 Å². The van der Waals surface area contributed by atoms with E-state index in [0.717, 1.165) is 0 Å². The van der Waals surface area contributed by atoms with Crippen LogP contribution >= 0.6 is 0 Å². The third kappa shape index (κ3) is 3.17. The molecule has 1 N–H and O–H groups in total. The molecule has 0 aliphatic rings. The minimum Gasteiger partial charge on any atom is -0.357 e. The fourth-order valence-electron chi connectivity index (χ4n) is 1.88. The maximum Gasteiger partial charge on any atom is 0.353 e. The average molecular weight is 301 g/mol. The van der Waals surface area contributed by atoms with Crippen LogP contribution in [0.4, 0.5) is 23.0 Å². The Hall–Kier alpha value is -3.03. The fourth-order valence-corrected chi connectivity index (χ4v) is 1.88. The molecule has 2 aromatic rings. The van der Waals surface area contributed by atoms with E-state index in [9.17, 15) is 14.9 Å². The molecule has 0 aliphatic heterocycles. The number of rotatable bonds is 5. The maximum absolute atomic E-state index is 11.3. The highest BCUT2D eigenvalue weighted by Gasteiger charge is 2.24. The highest BCUT2D eigenvalue weighted by Crippen LogP contribution is 2.32. The molecule has 8 nitrogen and oxygen atoms in total. The van der Waals surface area contributed by atoms with Gasteiger partial charge in [0.1, 0.15) is 6.33 Å². The average Bonchev–Trinajstić information content (AvgIpc) is 2.47. The van der Waals surface area contributed by atoms with Gasteiger partial charge in [0, 0.05) is 25.3 Å². The molecule has 0 aliphatic carbocycles. The number of hydrogen-bond acceptors (Lipinski definition) is 7. The van der Waals surface area contributed by atoms with Gasteiger partial charge in [0.2, 0.25) is 11.6 Å². The van der Waals surface area contributed by atoms with Crippen LogP contribution in [0.5, 0.6) is 0 Å². The molecule has 0 saturated carbocycles. The van der Waals surface area contributed by atoms with Crippen LogP contribution in [0.15, 0.2) is 30.6 Å². The molecule has 0 bridgehead atoms. The summed E-state index contributed by atoms with van der Waals surface area (Å²) in [6, 6.07) is 6.62. The first-order valence-electron chi connectivity index (χ1n) is 6.45. The van der Waals surface area contributed by atoms with Crippen molar-refractivity contribution in [2.45, 2.75) is 6.92 Å². The molecule has 0 fully saturated rings.